The van der Waals surface area contributed by atoms with Gasteiger partial charge in [-0.25, -0.2) is 0 Å². The molecule has 2 heteroatoms. The van der Waals surface area contributed by atoms with Gasteiger partial charge in [0.2, 0.25) is 0 Å². The van der Waals surface area contributed by atoms with Gasteiger partial charge in [-0.05, 0) is 34.7 Å². The molecule has 0 saturated carbocycles. The predicted octanol–water partition coefficient (Wildman–Crippen LogP) is 5.28. The molecule has 0 heterocycles. The SMILES string of the molecule is CC(C)c1ccc(COc2cccc(CBr)c2)cc1. The first-order valence-electron chi connectivity index (χ1n) is 6.55. The molecule has 2 rings (SSSR count). The van der Waals surface area contributed by atoms with Gasteiger partial charge in [-0.2, -0.15) is 0 Å². The first kappa shape index (κ1) is 14.1. The maximum Gasteiger partial charge on any atom is 0.120 e. The summed E-state index contributed by atoms with van der Waals surface area (Å²) in [6.45, 7) is 5.03. The highest BCUT2D eigenvalue weighted by atomic mass is 79.9. The van der Waals surface area contributed by atoms with Gasteiger partial charge >= 0.3 is 0 Å². The predicted molar refractivity (Wildman–Crippen MR) is 83.9 cm³/mol. The summed E-state index contributed by atoms with van der Waals surface area (Å²) in [5, 5.41) is 0.854. The Bertz CT molecular complexity index is 517. The van der Waals surface area contributed by atoms with Crippen molar-refractivity contribution in [1.82, 2.24) is 0 Å². The highest BCUT2D eigenvalue weighted by Crippen LogP contribution is 2.18. The van der Waals surface area contributed by atoms with Gasteiger partial charge in [-0.3, -0.25) is 0 Å². The Labute approximate surface area is 123 Å². The molecule has 0 spiro atoms. The highest BCUT2D eigenvalue weighted by molar-refractivity contribution is 9.08. The normalized spacial score (nSPS) is 10.7. The number of hydrogen-bond donors (Lipinski definition) is 0. The summed E-state index contributed by atoms with van der Waals surface area (Å²) < 4.78 is 5.81. The minimum Gasteiger partial charge on any atom is -0.489 e. The van der Waals surface area contributed by atoms with Crippen molar-refractivity contribution in [2.45, 2.75) is 31.7 Å². The molecular formula is C17H19BrO. The van der Waals surface area contributed by atoms with Crippen LogP contribution in [0, 0.1) is 0 Å². The van der Waals surface area contributed by atoms with Crippen LogP contribution in [0.2, 0.25) is 0 Å². The number of benzene rings is 2. The molecule has 0 aromatic heterocycles. The minimum absolute atomic E-state index is 0.575. The number of hydrogen-bond acceptors (Lipinski definition) is 1. The van der Waals surface area contributed by atoms with Crippen LogP contribution in [0.4, 0.5) is 0 Å². The summed E-state index contributed by atoms with van der Waals surface area (Å²) in [5.41, 5.74) is 3.80. The third-order valence-corrected chi connectivity index (χ3v) is 3.75. The van der Waals surface area contributed by atoms with E-state index in [9.17, 15) is 0 Å². The standard InChI is InChI=1S/C17H19BrO/c1-13(2)16-8-6-14(7-9-16)12-19-17-5-3-4-15(10-17)11-18/h3-10,13H,11-12H2,1-2H3. The molecule has 0 fully saturated rings. The van der Waals surface area contributed by atoms with E-state index in [0.717, 1.165) is 11.1 Å². The van der Waals surface area contributed by atoms with E-state index in [0.29, 0.717) is 12.5 Å². The molecule has 0 saturated heterocycles. The van der Waals surface area contributed by atoms with E-state index < -0.39 is 0 Å². The Balaban J connectivity index is 1.98. The van der Waals surface area contributed by atoms with Gasteiger partial charge in [-0.15, -0.1) is 0 Å². The highest BCUT2D eigenvalue weighted by Gasteiger charge is 2.00. The summed E-state index contributed by atoms with van der Waals surface area (Å²) >= 11 is 3.45. The van der Waals surface area contributed by atoms with Crippen LogP contribution in [-0.4, -0.2) is 0 Å². The van der Waals surface area contributed by atoms with E-state index in [1.54, 1.807) is 0 Å². The topological polar surface area (TPSA) is 9.23 Å². The lowest BCUT2D eigenvalue weighted by Crippen LogP contribution is -1.96. The van der Waals surface area contributed by atoms with E-state index in [1.807, 2.05) is 12.1 Å². The molecule has 1 nitrogen and oxygen atoms in total. The quantitative estimate of drug-likeness (QED) is 0.681. The summed E-state index contributed by atoms with van der Waals surface area (Å²) in [6.07, 6.45) is 0. The summed E-state index contributed by atoms with van der Waals surface area (Å²) in [6, 6.07) is 16.8. The molecule has 19 heavy (non-hydrogen) atoms. The van der Waals surface area contributed by atoms with Crippen LogP contribution in [0.3, 0.4) is 0 Å². The lowest BCUT2D eigenvalue weighted by atomic mass is 10.0. The molecule has 0 amide bonds. The van der Waals surface area contributed by atoms with Crippen LogP contribution >= 0.6 is 15.9 Å². The number of alkyl halides is 1. The molecule has 2 aromatic rings. The minimum atomic E-state index is 0.575. The fourth-order valence-corrected chi connectivity index (χ4v) is 2.23. The van der Waals surface area contributed by atoms with Gasteiger partial charge in [0.15, 0.2) is 0 Å². The molecule has 0 unspecified atom stereocenters. The van der Waals surface area contributed by atoms with Crippen molar-refractivity contribution >= 4 is 15.9 Å². The van der Waals surface area contributed by atoms with Gasteiger partial charge in [0.05, 0.1) is 0 Å². The third kappa shape index (κ3) is 4.10. The second kappa shape index (κ2) is 6.76. The first-order chi connectivity index (χ1) is 9.19. The second-order valence-corrected chi connectivity index (χ2v) is 5.53. The summed E-state index contributed by atoms with van der Waals surface area (Å²) in [4.78, 5) is 0. The summed E-state index contributed by atoms with van der Waals surface area (Å²) in [7, 11) is 0. The molecule has 0 N–H and O–H groups in total. The molecule has 0 aliphatic carbocycles. The van der Waals surface area contributed by atoms with Gasteiger partial charge in [0, 0.05) is 5.33 Å². The van der Waals surface area contributed by atoms with Crippen molar-refractivity contribution in [2.75, 3.05) is 0 Å². The lowest BCUT2D eigenvalue weighted by molar-refractivity contribution is 0.306. The Hall–Kier alpha value is -1.28. The first-order valence-corrected chi connectivity index (χ1v) is 7.67. The zero-order valence-corrected chi connectivity index (χ0v) is 13.0. The number of rotatable bonds is 5. The Kier molecular flexibility index (Phi) is 5.03. The Morgan fingerprint density at radius 2 is 1.74 bits per heavy atom. The van der Waals surface area contributed by atoms with Gasteiger partial charge in [0.25, 0.3) is 0 Å². The molecule has 0 aliphatic rings. The van der Waals surface area contributed by atoms with Crippen molar-refractivity contribution in [1.29, 1.82) is 0 Å². The maximum absolute atomic E-state index is 5.81. The Morgan fingerprint density at radius 1 is 1.00 bits per heavy atom. The molecular weight excluding hydrogens is 300 g/mol. The van der Waals surface area contributed by atoms with Crippen molar-refractivity contribution in [3.63, 3.8) is 0 Å². The van der Waals surface area contributed by atoms with E-state index in [-0.39, 0.29) is 0 Å². The van der Waals surface area contributed by atoms with Crippen LogP contribution in [-0.2, 0) is 11.9 Å². The lowest BCUT2D eigenvalue weighted by Gasteiger charge is -2.09. The fraction of sp³-hybridized carbons (Fsp3) is 0.294. The van der Waals surface area contributed by atoms with Crippen LogP contribution < -0.4 is 4.74 Å². The smallest absolute Gasteiger partial charge is 0.120 e. The average molecular weight is 319 g/mol. The van der Waals surface area contributed by atoms with Crippen molar-refractivity contribution in [3.05, 3.63) is 65.2 Å². The van der Waals surface area contributed by atoms with Gasteiger partial charge in [-0.1, -0.05) is 66.2 Å². The van der Waals surface area contributed by atoms with E-state index in [4.69, 9.17) is 4.74 Å². The zero-order valence-electron chi connectivity index (χ0n) is 11.4. The molecule has 0 radical (unpaired) electrons. The van der Waals surface area contributed by atoms with Crippen LogP contribution in [0.15, 0.2) is 48.5 Å². The van der Waals surface area contributed by atoms with Crippen LogP contribution in [0.25, 0.3) is 0 Å². The fourth-order valence-electron chi connectivity index (χ4n) is 1.88. The average Bonchev–Trinajstić information content (AvgIpc) is 2.46. The molecule has 0 aliphatic heterocycles. The molecule has 100 valence electrons. The molecule has 0 atom stereocenters. The largest absolute Gasteiger partial charge is 0.489 e. The van der Waals surface area contributed by atoms with Crippen LogP contribution in [0.1, 0.15) is 36.5 Å². The molecule has 2 aromatic carbocycles. The van der Waals surface area contributed by atoms with Gasteiger partial charge < -0.3 is 4.74 Å². The molecule has 0 bridgehead atoms. The number of ether oxygens (including phenoxy) is 1. The van der Waals surface area contributed by atoms with E-state index in [1.165, 1.54) is 16.7 Å². The monoisotopic (exact) mass is 318 g/mol. The van der Waals surface area contributed by atoms with Crippen molar-refractivity contribution in [3.8, 4) is 5.75 Å². The maximum atomic E-state index is 5.81. The van der Waals surface area contributed by atoms with Crippen molar-refractivity contribution in [2.24, 2.45) is 0 Å². The third-order valence-electron chi connectivity index (χ3n) is 3.10. The van der Waals surface area contributed by atoms with Crippen molar-refractivity contribution < 1.29 is 4.74 Å². The zero-order chi connectivity index (χ0) is 13.7. The Morgan fingerprint density at radius 3 is 2.37 bits per heavy atom. The van der Waals surface area contributed by atoms with E-state index in [2.05, 4.69) is 66.2 Å². The number of halogens is 1. The van der Waals surface area contributed by atoms with Gasteiger partial charge in [0.1, 0.15) is 12.4 Å². The van der Waals surface area contributed by atoms with Crippen LogP contribution in [0.5, 0.6) is 5.75 Å². The second-order valence-electron chi connectivity index (χ2n) is 4.97. The van der Waals surface area contributed by atoms with E-state index >= 15 is 0 Å². The summed E-state index contributed by atoms with van der Waals surface area (Å²) in [5.74, 6) is 1.50.